The fraction of sp³-hybridized carbons (Fsp3) is 0.435. The first-order valence-electron chi connectivity index (χ1n) is 10.3. The van der Waals surface area contributed by atoms with Crippen molar-refractivity contribution in [1.29, 1.82) is 0 Å². The molecule has 150 valence electrons. The van der Waals surface area contributed by atoms with Crippen molar-refractivity contribution >= 4 is 17.4 Å². The molecular formula is C23H32N4O. The first kappa shape index (κ1) is 20.2. The van der Waals surface area contributed by atoms with E-state index in [2.05, 4.69) is 64.6 Å². The molecule has 2 amide bonds. The Morgan fingerprint density at radius 3 is 2.39 bits per heavy atom. The summed E-state index contributed by atoms with van der Waals surface area (Å²) in [7, 11) is 0. The van der Waals surface area contributed by atoms with Crippen LogP contribution in [0.1, 0.15) is 25.8 Å². The number of nitrogens with zero attached hydrogens (tertiary/aromatic N) is 2. The zero-order chi connectivity index (χ0) is 19.8. The molecule has 2 N–H and O–H groups in total. The van der Waals surface area contributed by atoms with Crippen LogP contribution in [0.15, 0.2) is 54.6 Å². The first-order chi connectivity index (χ1) is 13.7. The highest BCUT2D eigenvalue weighted by Gasteiger charge is 2.19. The predicted molar refractivity (Wildman–Crippen MR) is 117 cm³/mol. The second kappa shape index (κ2) is 10.1. The van der Waals surface area contributed by atoms with E-state index in [0.29, 0.717) is 0 Å². The molecule has 1 heterocycles. The number of anilines is 2. The zero-order valence-electron chi connectivity index (χ0n) is 17.0. The number of piperazine rings is 1. The summed E-state index contributed by atoms with van der Waals surface area (Å²) in [6.45, 7) is 9.45. The lowest BCUT2D eigenvalue weighted by Gasteiger charge is -2.36. The number of likely N-dealkylation sites (N-methyl/N-ethyl adjacent to an activating group) is 1. The average molecular weight is 381 g/mol. The molecule has 1 aliphatic heterocycles. The number of carbonyl (C=O) groups is 1. The summed E-state index contributed by atoms with van der Waals surface area (Å²) in [6.07, 6.45) is 1.87. The Kier molecular flexibility index (Phi) is 7.31. The number of hydrogen-bond acceptors (Lipinski definition) is 3. The second-order valence-electron chi connectivity index (χ2n) is 7.46. The standard InChI is InChI=1S/C23H32N4O/c1-3-26-15-17-27(18-16-26)22-12-8-7-11-21(22)25-23(28)24-19(2)13-14-20-9-5-4-6-10-20/h4-12,19H,3,13-18H2,1-2H3,(H2,24,25,28). The summed E-state index contributed by atoms with van der Waals surface area (Å²) in [4.78, 5) is 17.3. The number of urea groups is 1. The molecule has 28 heavy (non-hydrogen) atoms. The molecular weight excluding hydrogens is 348 g/mol. The van der Waals surface area contributed by atoms with Gasteiger partial charge in [-0.2, -0.15) is 0 Å². The van der Waals surface area contributed by atoms with Gasteiger partial charge >= 0.3 is 6.03 Å². The Bertz CT molecular complexity index is 741. The van der Waals surface area contributed by atoms with E-state index in [0.717, 1.165) is 56.9 Å². The summed E-state index contributed by atoms with van der Waals surface area (Å²) in [5, 5.41) is 6.12. The number of hydrogen-bond donors (Lipinski definition) is 2. The van der Waals surface area contributed by atoms with Crippen LogP contribution in [-0.2, 0) is 6.42 Å². The Labute approximate surface area is 168 Å². The molecule has 1 atom stereocenters. The average Bonchev–Trinajstić information content (AvgIpc) is 2.73. The van der Waals surface area contributed by atoms with Gasteiger partial charge in [0.2, 0.25) is 0 Å². The minimum atomic E-state index is -0.139. The van der Waals surface area contributed by atoms with Crippen LogP contribution < -0.4 is 15.5 Å². The fourth-order valence-electron chi connectivity index (χ4n) is 3.64. The van der Waals surface area contributed by atoms with Gasteiger partial charge in [-0.05, 0) is 44.0 Å². The topological polar surface area (TPSA) is 47.6 Å². The third-order valence-corrected chi connectivity index (χ3v) is 5.40. The first-order valence-corrected chi connectivity index (χ1v) is 10.3. The minimum Gasteiger partial charge on any atom is -0.367 e. The van der Waals surface area contributed by atoms with Gasteiger partial charge in [-0.25, -0.2) is 4.79 Å². The lowest BCUT2D eigenvalue weighted by atomic mass is 10.1. The molecule has 3 rings (SSSR count). The maximum atomic E-state index is 12.5. The summed E-state index contributed by atoms with van der Waals surface area (Å²) >= 11 is 0. The quantitative estimate of drug-likeness (QED) is 0.764. The molecule has 5 heteroatoms. The second-order valence-corrected chi connectivity index (χ2v) is 7.46. The number of carbonyl (C=O) groups excluding carboxylic acids is 1. The van der Waals surface area contributed by atoms with Crippen LogP contribution in [0.3, 0.4) is 0 Å². The van der Waals surface area contributed by atoms with Gasteiger partial charge in [0.25, 0.3) is 0 Å². The molecule has 0 radical (unpaired) electrons. The van der Waals surface area contributed by atoms with Crippen LogP contribution in [-0.4, -0.2) is 49.7 Å². The van der Waals surface area contributed by atoms with Gasteiger partial charge in [0.1, 0.15) is 0 Å². The van der Waals surface area contributed by atoms with E-state index in [1.54, 1.807) is 0 Å². The molecule has 5 nitrogen and oxygen atoms in total. The van der Waals surface area contributed by atoms with Gasteiger partial charge in [0.05, 0.1) is 11.4 Å². The fourth-order valence-corrected chi connectivity index (χ4v) is 3.64. The highest BCUT2D eigenvalue weighted by atomic mass is 16.2. The van der Waals surface area contributed by atoms with Gasteiger partial charge in [-0.15, -0.1) is 0 Å². The smallest absolute Gasteiger partial charge is 0.319 e. The van der Waals surface area contributed by atoms with Crippen LogP contribution in [0.2, 0.25) is 0 Å². The van der Waals surface area contributed by atoms with Crippen LogP contribution in [0.5, 0.6) is 0 Å². The SMILES string of the molecule is CCN1CCN(c2ccccc2NC(=O)NC(C)CCc2ccccc2)CC1. The van der Waals surface area contributed by atoms with Crippen molar-refractivity contribution in [1.82, 2.24) is 10.2 Å². The van der Waals surface area contributed by atoms with E-state index < -0.39 is 0 Å². The van der Waals surface area contributed by atoms with Crippen molar-refractivity contribution < 1.29 is 4.79 Å². The van der Waals surface area contributed by atoms with Crippen LogP contribution in [0, 0.1) is 0 Å². The lowest BCUT2D eigenvalue weighted by molar-refractivity contribution is 0.248. The normalized spacial score (nSPS) is 15.9. The van der Waals surface area contributed by atoms with Gasteiger partial charge < -0.3 is 20.4 Å². The van der Waals surface area contributed by atoms with Crippen LogP contribution >= 0.6 is 0 Å². The van der Waals surface area contributed by atoms with Gasteiger partial charge in [-0.1, -0.05) is 49.4 Å². The summed E-state index contributed by atoms with van der Waals surface area (Å²) in [6, 6.07) is 18.4. The van der Waals surface area contributed by atoms with E-state index in [4.69, 9.17) is 0 Å². The highest BCUT2D eigenvalue weighted by Crippen LogP contribution is 2.26. The number of benzene rings is 2. The van der Waals surface area contributed by atoms with Gasteiger partial charge in [-0.3, -0.25) is 0 Å². The molecule has 0 bridgehead atoms. The van der Waals surface area contributed by atoms with Crippen molar-refractivity contribution in [2.24, 2.45) is 0 Å². The minimum absolute atomic E-state index is 0.112. The number of aryl methyl sites for hydroxylation is 1. The van der Waals surface area contributed by atoms with Crippen molar-refractivity contribution in [3.63, 3.8) is 0 Å². The summed E-state index contributed by atoms with van der Waals surface area (Å²) in [5.41, 5.74) is 3.28. The molecule has 0 aliphatic carbocycles. The molecule has 2 aromatic carbocycles. The Morgan fingerprint density at radius 2 is 1.68 bits per heavy atom. The van der Waals surface area contributed by atoms with Crippen molar-refractivity contribution in [2.75, 3.05) is 42.9 Å². The Morgan fingerprint density at radius 1 is 1.00 bits per heavy atom. The molecule has 2 aromatic rings. The van der Waals surface area contributed by atoms with Crippen LogP contribution in [0.4, 0.5) is 16.2 Å². The third-order valence-electron chi connectivity index (χ3n) is 5.40. The number of nitrogens with one attached hydrogen (secondary N) is 2. The van der Waals surface area contributed by atoms with E-state index in [1.807, 2.05) is 24.3 Å². The predicted octanol–water partition coefficient (Wildman–Crippen LogP) is 3.97. The number of amides is 2. The monoisotopic (exact) mass is 380 g/mol. The largest absolute Gasteiger partial charge is 0.367 e. The molecule has 0 aromatic heterocycles. The van der Waals surface area contributed by atoms with E-state index in [-0.39, 0.29) is 12.1 Å². The third kappa shape index (κ3) is 5.73. The number of rotatable bonds is 7. The van der Waals surface area contributed by atoms with Crippen molar-refractivity contribution in [3.8, 4) is 0 Å². The zero-order valence-corrected chi connectivity index (χ0v) is 17.0. The summed E-state index contributed by atoms with van der Waals surface area (Å²) in [5.74, 6) is 0. The molecule has 0 saturated carbocycles. The molecule has 1 fully saturated rings. The maximum Gasteiger partial charge on any atom is 0.319 e. The lowest BCUT2D eigenvalue weighted by Crippen LogP contribution is -2.46. The van der Waals surface area contributed by atoms with E-state index in [1.165, 1.54) is 5.56 Å². The van der Waals surface area contributed by atoms with Crippen molar-refractivity contribution in [3.05, 3.63) is 60.2 Å². The van der Waals surface area contributed by atoms with Crippen molar-refractivity contribution in [2.45, 2.75) is 32.7 Å². The maximum absolute atomic E-state index is 12.5. The molecule has 1 aliphatic rings. The Hall–Kier alpha value is -2.53. The Balaban J connectivity index is 1.52. The van der Waals surface area contributed by atoms with Crippen LogP contribution in [0.25, 0.3) is 0 Å². The van der Waals surface area contributed by atoms with Gasteiger partial charge in [0, 0.05) is 32.2 Å². The van der Waals surface area contributed by atoms with E-state index >= 15 is 0 Å². The van der Waals surface area contributed by atoms with Gasteiger partial charge in [0.15, 0.2) is 0 Å². The molecule has 0 spiro atoms. The summed E-state index contributed by atoms with van der Waals surface area (Å²) < 4.78 is 0. The van der Waals surface area contributed by atoms with E-state index in [9.17, 15) is 4.79 Å². The number of para-hydroxylation sites is 2. The molecule has 1 saturated heterocycles. The highest BCUT2D eigenvalue weighted by molar-refractivity contribution is 5.93. The molecule has 1 unspecified atom stereocenters.